The summed E-state index contributed by atoms with van der Waals surface area (Å²) in [6.45, 7) is -0.315. The van der Waals surface area contributed by atoms with Crippen LogP contribution in [-0.2, 0) is 4.57 Å². The van der Waals surface area contributed by atoms with Crippen LogP contribution in [0.2, 0.25) is 0 Å². The van der Waals surface area contributed by atoms with E-state index in [4.69, 9.17) is 46.4 Å². The lowest BCUT2D eigenvalue weighted by Gasteiger charge is -2.42. The second kappa shape index (κ2) is 7.57. The number of hydrogen-bond acceptors (Lipinski definition) is 3. The number of nitrogens with zero attached hydrogens (tertiary/aromatic N) is 1. The predicted molar refractivity (Wildman–Crippen MR) is 59.9 cm³/mol. The molecule has 0 spiro atoms. The Morgan fingerprint density at radius 3 is 1.60 bits per heavy atom. The van der Waals surface area contributed by atoms with Crippen LogP contribution >= 0.6 is 54.2 Å². The molecule has 0 saturated carbocycles. The molecule has 0 N–H and O–H groups in total. The first-order chi connectivity index (χ1) is 6.81. The Morgan fingerprint density at radius 2 is 1.40 bits per heavy atom. The summed E-state index contributed by atoms with van der Waals surface area (Å²) in [5, 5.41) is -1.25. The van der Waals surface area contributed by atoms with Crippen LogP contribution < -0.4 is 9.79 Å². The SMILES string of the molecule is O=P([O-])([O-])N(CC(Cl)CCl)CC(Cl)CCl. The largest absolute Gasteiger partial charge is 0.799 e. The number of hydrogen-bond donors (Lipinski definition) is 0. The molecule has 0 fully saturated rings. The van der Waals surface area contributed by atoms with E-state index in [0.29, 0.717) is 4.67 Å². The summed E-state index contributed by atoms with van der Waals surface area (Å²) >= 11 is 22.1. The van der Waals surface area contributed by atoms with E-state index in [-0.39, 0.29) is 24.8 Å². The fraction of sp³-hybridized carbons (Fsp3) is 1.00. The summed E-state index contributed by atoms with van der Waals surface area (Å²) < 4.78 is 11.5. The minimum absolute atomic E-state index is 0.0475. The van der Waals surface area contributed by atoms with Gasteiger partial charge in [0, 0.05) is 32.6 Å². The van der Waals surface area contributed by atoms with Crippen molar-refractivity contribution in [3.05, 3.63) is 0 Å². The van der Waals surface area contributed by atoms with Crippen LogP contribution in [0, 0.1) is 0 Å². The van der Waals surface area contributed by atoms with E-state index < -0.39 is 18.5 Å². The maximum Gasteiger partial charge on any atom is 0.0601 e. The van der Waals surface area contributed by atoms with Crippen LogP contribution in [0.5, 0.6) is 0 Å². The van der Waals surface area contributed by atoms with Gasteiger partial charge in [0.2, 0.25) is 0 Å². The average molecular weight is 317 g/mol. The van der Waals surface area contributed by atoms with Gasteiger partial charge in [0.1, 0.15) is 0 Å². The molecule has 15 heavy (non-hydrogen) atoms. The van der Waals surface area contributed by atoms with Gasteiger partial charge in [-0.2, -0.15) is 0 Å². The van der Waals surface area contributed by atoms with E-state index in [2.05, 4.69) is 0 Å². The molecule has 0 aromatic carbocycles. The summed E-state index contributed by atoms with van der Waals surface area (Å²) in [7, 11) is -4.86. The molecule has 0 rings (SSSR count). The Kier molecular flexibility index (Phi) is 8.21. The molecule has 9 heteroatoms. The van der Waals surface area contributed by atoms with Gasteiger partial charge in [0.15, 0.2) is 0 Å². The smallest absolute Gasteiger partial charge is 0.0601 e. The fourth-order valence-corrected chi connectivity index (χ4v) is 2.34. The van der Waals surface area contributed by atoms with Crippen LogP contribution in [0.1, 0.15) is 0 Å². The summed E-state index contributed by atoms with van der Waals surface area (Å²) in [6.07, 6.45) is 0. The molecule has 0 aromatic heterocycles. The third-order valence-electron chi connectivity index (χ3n) is 1.50. The first kappa shape index (κ1) is 16.3. The first-order valence-electron chi connectivity index (χ1n) is 3.98. The Balaban J connectivity index is 4.39. The number of halogens is 4. The highest BCUT2D eigenvalue weighted by Gasteiger charge is 2.17. The van der Waals surface area contributed by atoms with E-state index in [9.17, 15) is 14.4 Å². The second-order valence-electron chi connectivity index (χ2n) is 2.84. The van der Waals surface area contributed by atoms with Gasteiger partial charge in [-0.15, -0.1) is 46.4 Å². The Morgan fingerprint density at radius 1 is 1.07 bits per heavy atom. The summed E-state index contributed by atoms with van der Waals surface area (Å²) in [6, 6.07) is 0. The standard InChI is InChI=1S/C6H12Cl4NO3P/c7-1-5(9)3-11(15(12,13)14)4-6(10)2-8/h5-6H,1-4H2,(H2,12,13,14)/p-2. The van der Waals surface area contributed by atoms with E-state index in [1.807, 2.05) is 0 Å². The molecule has 2 unspecified atom stereocenters. The lowest BCUT2D eigenvalue weighted by molar-refractivity contribution is -0.329. The van der Waals surface area contributed by atoms with Crippen molar-refractivity contribution in [2.24, 2.45) is 0 Å². The van der Waals surface area contributed by atoms with Crippen molar-refractivity contribution in [2.45, 2.75) is 10.8 Å². The lowest BCUT2D eigenvalue weighted by atomic mass is 10.4. The normalized spacial score (nSPS) is 16.7. The molecule has 0 aromatic rings. The van der Waals surface area contributed by atoms with Gasteiger partial charge in [-0.05, 0) is 0 Å². The van der Waals surface area contributed by atoms with Crippen molar-refractivity contribution < 1.29 is 14.4 Å². The van der Waals surface area contributed by atoms with Gasteiger partial charge in [-0.3, -0.25) is 4.67 Å². The van der Waals surface area contributed by atoms with Crippen LogP contribution in [0.15, 0.2) is 0 Å². The van der Waals surface area contributed by atoms with E-state index in [1.54, 1.807) is 0 Å². The average Bonchev–Trinajstić information content (AvgIpc) is 2.14. The molecular weight excluding hydrogens is 307 g/mol. The van der Waals surface area contributed by atoms with Crippen LogP contribution in [0.3, 0.4) is 0 Å². The number of rotatable bonds is 7. The second-order valence-corrected chi connectivity index (χ2v) is 6.20. The molecular formula is C6H10Cl4NO3P-2. The Bertz CT molecular complexity index is 214. The van der Waals surface area contributed by atoms with E-state index in [0.717, 1.165) is 0 Å². The topological polar surface area (TPSA) is 66.4 Å². The zero-order chi connectivity index (χ0) is 12.1. The van der Waals surface area contributed by atoms with Crippen molar-refractivity contribution in [3.8, 4) is 0 Å². The third-order valence-corrected chi connectivity index (χ3v) is 4.16. The van der Waals surface area contributed by atoms with Gasteiger partial charge in [-0.25, -0.2) is 0 Å². The van der Waals surface area contributed by atoms with E-state index in [1.165, 1.54) is 0 Å². The van der Waals surface area contributed by atoms with Gasteiger partial charge in [0.25, 0.3) is 0 Å². The highest BCUT2D eigenvalue weighted by atomic mass is 35.5. The maximum absolute atomic E-state index is 10.8. The van der Waals surface area contributed by atoms with Gasteiger partial charge in [-0.1, -0.05) is 0 Å². The molecule has 0 amide bonds. The van der Waals surface area contributed by atoms with Gasteiger partial charge in [0.05, 0.1) is 10.8 Å². The molecule has 4 nitrogen and oxygen atoms in total. The first-order valence-corrected chi connectivity index (χ1v) is 7.42. The van der Waals surface area contributed by atoms with Crippen LogP contribution in [0.25, 0.3) is 0 Å². The lowest BCUT2D eigenvalue weighted by Crippen LogP contribution is -2.40. The summed E-state index contributed by atoms with van der Waals surface area (Å²) in [5.74, 6) is 0.0950. The molecule has 0 aliphatic rings. The van der Waals surface area contributed by atoms with Crippen LogP contribution in [-0.4, -0.2) is 40.3 Å². The van der Waals surface area contributed by atoms with Crippen LogP contribution in [0.4, 0.5) is 0 Å². The quantitative estimate of drug-likeness (QED) is 0.515. The summed E-state index contributed by atoms with van der Waals surface area (Å²) in [4.78, 5) is 21.7. The maximum atomic E-state index is 10.8. The highest BCUT2D eigenvalue weighted by Crippen LogP contribution is 2.31. The molecule has 0 bridgehead atoms. The molecule has 92 valence electrons. The van der Waals surface area contributed by atoms with Crippen molar-refractivity contribution in [1.82, 2.24) is 4.67 Å². The van der Waals surface area contributed by atoms with Crippen molar-refractivity contribution in [2.75, 3.05) is 24.8 Å². The molecule has 2 atom stereocenters. The van der Waals surface area contributed by atoms with Crippen molar-refractivity contribution in [1.29, 1.82) is 0 Å². The molecule has 0 aliphatic heterocycles. The Hall–Kier alpha value is 1.27. The molecule has 0 aliphatic carbocycles. The zero-order valence-corrected chi connectivity index (χ0v) is 11.5. The minimum atomic E-state index is -4.86. The predicted octanol–water partition coefficient (Wildman–Crippen LogP) is 0.810. The van der Waals surface area contributed by atoms with Gasteiger partial charge < -0.3 is 14.4 Å². The zero-order valence-electron chi connectivity index (χ0n) is 7.61. The van der Waals surface area contributed by atoms with Crippen molar-refractivity contribution >= 4 is 54.2 Å². The van der Waals surface area contributed by atoms with E-state index >= 15 is 0 Å². The number of alkyl halides is 4. The van der Waals surface area contributed by atoms with Gasteiger partial charge >= 0.3 is 0 Å². The molecule has 0 radical (unpaired) electrons. The van der Waals surface area contributed by atoms with Crippen molar-refractivity contribution in [3.63, 3.8) is 0 Å². The molecule has 0 heterocycles. The molecule has 0 saturated heterocycles. The third kappa shape index (κ3) is 7.24. The minimum Gasteiger partial charge on any atom is -0.799 e. The highest BCUT2D eigenvalue weighted by molar-refractivity contribution is 7.46. The summed E-state index contributed by atoms with van der Waals surface area (Å²) in [5.41, 5.74) is 0. The fourth-order valence-electron chi connectivity index (χ4n) is 0.829. The Labute approximate surface area is 109 Å². The monoisotopic (exact) mass is 315 g/mol.